The van der Waals surface area contributed by atoms with Crippen LogP contribution < -0.4 is 5.73 Å². The van der Waals surface area contributed by atoms with Gasteiger partial charge in [0.15, 0.2) is 0 Å². The zero-order valence-electron chi connectivity index (χ0n) is 9.47. The number of nitrogen functional groups attached to an aromatic ring is 1. The molecule has 1 aromatic heterocycles. The number of rotatable bonds is 2. The summed E-state index contributed by atoms with van der Waals surface area (Å²) in [5, 5.41) is 6.19. The molecule has 0 saturated carbocycles. The number of carbonyl (C=O) groups excluding carboxylic acids is 2. The minimum atomic E-state index is -0.512. The minimum Gasteiger partial charge on any atom is -0.467 e. The van der Waals surface area contributed by atoms with Crippen LogP contribution in [0.3, 0.4) is 0 Å². The van der Waals surface area contributed by atoms with Crippen molar-refractivity contribution in [3.63, 3.8) is 0 Å². The first-order chi connectivity index (χ1) is 8.15. The summed E-state index contributed by atoms with van der Waals surface area (Å²) in [5.74, 6) is -0.465. The normalized spacial score (nSPS) is 19.4. The van der Waals surface area contributed by atoms with Crippen molar-refractivity contribution in [3.8, 4) is 0 Å². The van der Waals surface area contributed by atoms with Gasteiger partial charge in [0.25, 0.3) is 5.91 Å². The first kappa shape index (κ1) is 11.4. The predicted octanol–water partition coefficient (Wildman–Crippen LogP) is -0.231. The van der Waals surface area contributed by atoms with Crippen LogP contribution >= 0.6 is 0 Å². The van der Waals surface area contributed by atoms with Gasteiger partial charge in [-0.2, -0.15) is 5.10 Å². The van der Waals surface area contributed by atoms with E-state index in [9.17, 15) is 9.59 Å². The fourth-order valence-corrected chi connectivity index (χ4v) is 2.01. The number of nitrogens with zero attached hydrogens (tertiary/aromatic N) is 2. The van der Waals surface area contributed by atoms with E-state index >= 15 is 0 Å². The summed E-state index contributed by atoms with van der Waals surface area (Å²) in [4.78, 5) is 25.1. The average Bonchev–Trinajstić information content (AvgIpc) is 2.95. The molecule has 0 aliphatic carbocycles. The fraction of sp³-hybridized carbons (Fsp3) is 0.500. The highest BCUT2D eigenvalue weighted by Crippen LogP contribution is 2.22. The van der Waals surface area contributed by atoms with E-state index in [0.717, 1.165) is 6.42 Å². The van der Waals surface area contributed by atoms with Gasteiger partial charge in [-0.05, 0) is 12.8 Å². The number of esters is 1. The van der Waals surface area contributed by atoms with Crippen LogP contribution in [0.25, 0.3) is 0 Å². The van der Waals surface area contributed by atoms with Gasteiger partial charge >= 0.3 is 5.97 Å². The van der Waals surface area contributed by atoms with Gasteiger partial charge in [0.1, 0.15) is 17.4 Å². The van der Waals surface area contributed by atoms with E-state index in [4.69, 9.17) is 5.73 Å². The maximum Gasteiger partial charge on any atom is 0.328 e. The third-order valence-electron chi connectivity index (χ3n) is 2.89. The van der Waals surface area contributed by atoms with Crippen molar-refractivity contribution >= 4 is 17.7 Å². The quantitative estimate of drug-likeness (QED) is 0.693. The molecule has 2 heterocycles. The first-order valence-corrected chi connectivity index (χ1v) is 5.32. The first-order valence-electron chi connectivity index (χ1n) is 5.32. The number of ether oxygens (including phenoxy) is 1. The standard InChI is InChI=1S/C10H14N4O3/c1-17-10(16)7-3-2-4-14(7)9(15)6-5-12-13-8(6)11/h5,7H,2-4H2,1H3,(H3,11,12,13). The van der Waals surface area contributed by atoms with E-state index in [-0.39, 0.29) is 11.7 Å². The van der Waals surface area contributed by atoms with E-state index in [0.29, 0.717) is 18.5 Å². The Morgan fingerprint density at radius 1 is 1.65 bits per heavy atom. The Labute approximate surface area is 97.9 Å². The third-order valence-corrected chi connectivity index (χ3v) is 2.89. The summed E-state index contributed by atoms with van der Waals surface area (Å²) >= 11 is 0. The molecule has 0 aromatic carbocycles. The van der Waals surface area contributed by atoms with E-state index in [1.54, 1.807) is 0 Å². The molecule has 1 amide bonds. The van der Waals surface area contributed by atoms with Crippen molar-refractivity contribution in [2.24, 2.45) is 0 Å². The number of carbonyl (C=O) groups is 2. The van der Waals surface area contributed by atoms with Gasteiger partial charge in [0.05, 0.1) is 13.3 Å². The van der Waals surface area contributed by atoms with Crippen LogP contribution in [0.2, 0.25) is 0 Å². The van der Waals surface area contributed by atoms with Gasteiger partial charge in [0, 0.05) is 6.54 Å². The average molecular weight is 238 g/mol. The Morgan fingerprint density at radius 2 is 2.41 bits per heavy atom. The molecule has 1 atom stereocenters. The second-order valence-corrected chi connectivity index (χ2v) is 3.88. The van der Waals surface area contributed by atoms with Crippen LogP contribution in [0.15, 0.2) is 6.20 Å². The van der Waals surface area contributed by atoms with Crippen LogP contribution in [0.4, 0.5) is 5.82 Å². The number of H-pyrrole nitrogens is 1. The van der Waals surface area contributed by atoms with Gasteiger partial charge in [-0.15, -0.1) is 0 Å². The molecule has 1 fully saturated rings. The van der Waals surface area contributed by atoms with E-state index in [1.165, 1.54) is 18.2 Å². The lowest BCUT2D eigenvalue weighted by atomic mass is 10.2. The number of likely N-dealkylation sites (tertiary alicyclic amines) is 1. The molecule has 1 saturated heterocycles. The van der Waals surface area contributed by atoms with Crippen molar-refractivity contribution < 1.29 is 14.3 Å². The molecule has 3 N–H and O–H groups in total. The molecule has 17 heavy (non-hydrogen) atoms. The highest BCUT2D eigenvalue weighted by molar-refractivity contribution is 6.00. The molecular formula is C10H14N4O3. The van der Waals surface area contributed by atoms with Gasteiger partial charge in [-0.1, -0.05) is 0 Å². The number of hydrogen-bond donors (Lipinski definition) is 2. The fourth-order valence-electron chi connectivity index (χ4n) is 2.01. The largest absolute Gasteiger partial charge is 0.467 e. The maximum absolute atomic E-state index is 12.1. The van der Waals surface area contributed by atoms with E-state index in [1.807, 2.05) is 0 Å². The Hall–Kier alpha value is -2.05. The molecule has 92 valence electrons. The molecule has 0 radical (unpaired) electrons. The molecule has 1 aliphatic rings. The summed E-state index contributed by atoms with van der Waals surface area (Å²) in [6, 6.07) is -0.512. The van der Waals surface area contributed by atoms with Crippen molar-refractivity contribution in [2.45, 2.75) is 18.9 Å². The van der Waals surface area contributed by atoms with Gasteiger partial charge < -0.3 is 15.4 Å². The summed E-state index contributed by atoms with van der Waals surface area (Å²) in [6.07, 6.45) is 2.77. The summed E-state index contributed by atoms with van der Waals surface area (Å²) in [7, 11) is 1.32. The van der Waals surface area contributed by atoms with Crippen LogP contribution in [-0.4, -0.2) is 46.7 Å². The van der Waals surface area contributed by atoms with Crippen LogP contribution in [0.5, 0.6) is 0 Å². The van der Waals surface area contributed by atoms with Crippen molar-refractivity contribution in [1.82, 2.24) is 15.1 Å². The number of aromatic nitrogens is 2. The number of nitrogens with one attached hydrogen (secondary N) is 1. The minimum absolute atomic E-state index is 0.213. The molecule has 1 unspecified atom stereocenters. The number of nitrogens with two attached hydrogens (primary N) is 1. The van der Waals surface area contributed by atoms with Crippen molar-refractivity contribution in [1.29, 1.82) is 0 Å². The number of amides is 1. The molecule has 2 rings (SSSR count). The zero-order valence-corrected chi connectivity index (χ0v) is 9.47. The summed E-state index contributed by atoms with van der Waals surface area (Å²) in [6.45, 7) is 0.531. The second-order valence-electron chi connectivity index (χ2n) is 3.88. The SMILES string of the molecule is COC(=O)C1CCCN1C(=O)c1cn[nH]c1N. The lowest BCUT2D eigenvalue weighted by Crippen LogP contribution is -2.41. The second kappa shape index (κ2) is 4.44. The lowest BCUT2D eigenvalue weighted by Gasteiger charge is -2.22. The van der Waals surface area contributed by atoms with Crippen molar-refractivity contribution in [2.75, 3.05) is 19.4 Å². The van der Waals surface area contributed by atoms with Gasteiger partial charge in [-0.3, -0.25) is 9.89 Å². The smallest absolute Gasteiger partial charge is 0.328 e. The molecule has 1 aliphatic heterocycles. The Balaban J connectivity index is 2.19. The molecular weight excluding hydrogens is 224 g/mol. The maximum atomic E-state index is 12.1. The summed E-state index contributed by atoms with van der Waals surface area (Å²) < 4.78 is 4.67. The zero-order chi connectivity index (χ0) is 12.4. The summed E-state index contributed by atoms with van der Waals surface area (Å²) in [5.41, 5.74) is 5.87. The molecule has 0 spiro atoms. The van der Waals surface area contributed by atoms with Gasteiger partial charge in [0.2, 0.25) is 0 Å². The highest BCUT2D eigenvalue weighted by Gasteiger charge is 2.36. The number of hydrogen-bond acceptors (Lipinski definition) is 5. The Morgan fingerprint density at radius 3 is 3.00 bits per heavy atom. The van der Waals surface area contributed by atoms with Crippen molar-refractivity contribution in [3.05, 3.63) is 11.8 Å². The van der Waals surface area contributed by atoms with E-state index in [2.05, 4.69) is 14.9 Å². The van der Waals surface area contributed by atoms with E-state index < -0.39 is 12.0 Å². The monoisotopic (exact) mass is 238 g/mol. The number of methoxy groups -OCH3 is 1. The van der Waals surface area contributed by atoms with Crippen LogP contribution in [0, 0.1) is 0 Å². The highest BCUT2D eigenvalue weighted by atomic mass is 16.5. The third kappa shape index (κ3) is 1.95. The predicted molar refractivity (Wildman–Crippen MR) is 59.1 cm³/mol. The lowest BCUT2D eigenvalue weighted by molar-refractivity contribution is -0.145. The molecule has 0 bridgehead atoms. The molecule has 1 aromatic rings. The molecule has 7 nitrogen and oxygen atoms in total. The van der Waals surface area contributed by atoms with Crippen LogP contribution in [-0.2, 0) is 9.53 Å². The molecule has 7 heteroatoms. The van der Waals surface area contributed by atoms with Gasteiger partial charge in [-0.25, -0.2) is 4.79 Å². The van der Waals surface area contributed by atoms with Crippen LogP contribution in [0.1, 0.15) is 23.2 Å². The Bertz CT molecular complexity index is 443. The Kier molecular flexibility index (Phi) is 2.99. The number of anilines is 1. The number of aromatic amines is 1. The topological polar surface area (TPSA) is 101 Å².